The number of fused-ring (bicyclic) bond motifs is 1. The summed E-state index contributed by atoms with van der Waals surface area (Å²) < 4.78 is 16.7. The van der Waals surface area contributed by atoms with Gasteiger partial charge in [0.15, 0.2) is 17.3 Å². The number of aromatic nitrogens is 3. The summed E-state index contributed by atoms with van der Waals surface area (Å²) in [5.74, 6) is 1.81. The number of ether oxygens (including phenoxy) is 3. The van der Waals surface area contributed by atoms with Crippen molar-refractivity contribution in [2.24, 2.45) is 0 Å². The predicted octanol–water partition coefficient (Wildman–Crippen LogP) is 2.07. The van der Waals surface area contributed by atoms with Gasteiger partial charge in [0.05, 0.1) is 13.2 Å². The zero-order chi connectivity index (χ0) is 16.4. The fourth-order valence-corrected chi connectivity index (χ4v) is 2.75. The molecule has 0 aliphatic carbocycles. The first-order valence-electron chi connectivity index (χ1n) is 8.04. The van der Waals surface area contributed by atoms with Gasteiger partial charge in [-0.25, -0.2) is 0 Å². The topological polar surface area (TPSA) is 98.4 Å². The van der Waals surface area contributed by atoms with E-state index in [1.54, 1.807) is 18.2 Å². The lowest BCUT2D eigenvalue weighted by Gasteiger charge is -2.08. The molecule has 8 nitrogen and oxygen atoms in total. The predicted molar refractivity (Wildman–Crippen MR) is 84.3 cm³/mol. The standard InChI is InChI=1S/C16H18N4O4/c21-15(10-4-5-11-13(9-10)24-8-2-7-22-11)18-16-17-14(19-20-16)12-3-1-6-23-12/h4-5,9,12H,1-3,6-8H2,(H2,17,18,19,20,21)/t12-/m0/s1. The summed E-state index contributed by atoms with van der Waals surface area (Å²) in [6.45, 7) is 1.91. The summed E-state index contributed by atoms with van der Waals surface area (Å²) in [6.07, 6.45) is 2.66. The summed E-state index contributed by atoms with van der Waals surface area (Å²) in [6, 6.07) is 5.10. The molecule has 1 aromatic heterocycles. The van der Waals surface area contributed by atoms with Crippen molar-refractivity contribution >= 4 is 11.9 Å². The van der Waals surface area contributed by atoms with E-state index in [2.05, 4.69) is 20.5 Å². The SMILES string of the molecule is O=C(Nc1n[nH]c([C@@H]2CCCO2)n1)c1ccc2c(c1)OCCCO2. The van der Waals surface area contributed by atoms with Gasteiger partial charge < -0.3 is 14.2 Å². The number of anilines is 1. The highest BCUT2D eigenvalue weighted by molar-refractivity contribution is 6.03. The number of amides is 1. The molecule has 4 rings (SSSR count). The highest BCUT2D eigenvalue weighted by Crippen LogP contribution is 2.30. The van der Waals surface area contributed by atoms with Crippen LogP contribution in [0.3, 0.4) is 0 Å². The molecule has 1 atom stereocenters. The van der Waals surface area contributed by atoms with E-state index in [0.29, 0.717) is 36.1 Å². The Morgan fingerprint density at radius 2 is 2.04 bits per heavy atom. The summed E-state index contributed by atoms with van der Waals surface area (Å²) >= 11 is 0. The molecule has 0 bridgehead atoms. The van der Waals surface area contributed by atoms with Gasteiger partial charge in [-0.1, -0.05) is 0 Å². The van der Waals surface area contributed by atoms with Gasteiger partial charge in [0.25, 0.3) is 5.91 Å². The van der Waals surface area contributed by atoms with Gasteiger partial charge >= 0.3 is 0 Å². The first-order valence-corrected chi connectivity index (χ1v) is 8.04. The Morgan fingerprint density at radius 1 is 1.17 bits per heavy atom. The lowest BCUT2D eigenvalue weighted by Crippen LogP contribution is -2.13. The highest BCUT2D eigenvalue weighted by atomic mass is 16.5. The average Bonchev–Trinajstić information content (AvgIpc) is 3.22. The van der Waals surface area contributed by atoms with Crippen LogP contribution in [0.25, 0.3) is 0 Å². The number of hydrogen-bond acceptors (Lipinski definition) is 6. The molecule has 1 aromatic carbocycles. The second kappa shape index (κ2) is 6.48. The van der Waals surface area contributed by atoms with E-state index in [0.717, 1.165) is 25.9 Å². The summed E-state index contributed by atoms with van der Waals surface area (Å²) in [5, 5.41) is 9.52. The van der Waals surface area contributed by atoms with Crippen LogP contribution in [0.2, 0.25) is 0 Å². The van der Waals surface area contributed by atoms with E-state index >= 15 is 0 Å². The highest BCUT2D eigenvalue weighted by Gasteiger charge is 2.22. The molecule has 0 radical (unpaired) electrons. The van der Waals surface area contributed by atoms with Crippen molar-refractivity contribution in [2.45, 2.75) is 25.4 Å². The van der Waals surface area contributed by atoms with Crippen LogP contribution in [0.1, 0.15) is 41.5 Å². The minimum absolute atomic E-state index is 0.0683. The van der Waals surface area contributed by atoms with E-state index in [1.165, 1.54) is 0 Å². The molecule has 2 aliphatic heterocycles. The van der Waals surface area contributed by atoms with Crippen LogP contribution in [0, 0.1) is 0 Å². The Bertz CT molecular complexity index is 739. The molecule has 1 saturated heterocycles. The molecule has 2 aromatic rings. The smallest absolute Gasteiger partial charge is 0.258 e. The number of nitrogens with one attached hydrogen (secondary N) is 2. The van der Waals surface area contributed by atoms with E-state index < -0.39 is 0 Å². The summed E-state index contributed by atoms with van der Waals surface area (Å²) in [5.41, 5.74) is 0.461. The molecular formula is C16H18N4O4. The lowest BCUT2D eigenvalue weighted by atomic mass is 10.2. The Kier molecular flexibility index (Phi) is 4.04. The Labute approximate surface area is 138 Å². The van der Waals surface area contributed by atoms with Crippen LogP contribution in [-0.2, 0) is 4.74 Å². The van der Waals surface area contributed by atoms with Crippen molar-refractivity contribution in [3.05, 3.63) is 29.6 Å². The third kappa shape index (κ3) is 3.05. The Hall–Kier alpha value is -2.61. The fourth-order valence-electron chi connectivity index (χ4n) is 2.75. The normalized spacial score (nSPS) is 19.8. The first kappa shape index (κ1) is 14.9. The molecule has 0 spiro atoms. The van der Waals surface area contributed by atoms with Gasteiger partial charge in [-0.3, -0.25) is 15.2 Å². The number of carbonyl (C=O) groups is 1. The van der Waals surface area contributed by atoms with Crippen molar-refractivity contribution in [2.75, 3.05) is 25.1 Å². The molecular weight excluding hydrogens is 312 g/mol. The largest absolute Gasteiger partial charge is 0.490 e. The zero-order valence-electron chi connectivity index (χ0n) is 13.1. The number of H-pyrrole nitrogens is 1. The third-order valence-corrected chi connectivity index (χ3v) is 3.97. The molecule has 2 aliphatic rings. The fraction of sp³-hybridized carbons (Fsp3) is 0.438. The number of hydrogen-bond donors (Lipinski definition) is 2. The quantitative estimate of drug-likeness (QED) is 0.894. The first-order chi connectivity index (χ1) is 11.8. The number of rotatable bonds is 3. The number of benzene rings is 1. The maximum atomic E-state index is 12.4. The van der Waals surface area contributed by atoms with Crippen LogP contribution < -0.4 is 14.8 Å². The minimum Gasteiger partial charge on any atom is -0.490 e. The van der Waals surface area contributed by atoms with Gasteiger partial charge in [0.2, 0.25) is 5.95 Å². The monoisotopic (exact) mass is 330 g/mol. The van der Waals surface area contributed by atoms with Crippen LogP contribution in [0.5, 0.6) is 11.5 Å². The van der Waals surface area contributed by atoms with E-state index in [1.807, 2.05) is 0 Å². The van der Waals surface area contributed by atoms with Gasteiger partial charge in [-0.2, -0.15) is 4.98 Å². The summed E-state index contributed by atoms with van der Waals surface area (Å²) in [4.78, 5) is 16.7. The Balaban J connectivity index is 1.47. The van der Waals surface area contributed by atoms with Gasteiger partial charge in [-0.05, 0) is 31.0 Å². The van der Waals surface area contributed by atoms with Crippen LogP contribution >= 0.6 is 0 Å². The molecule has 3 heterocycles. The minimum atomic E-state index is -0.302. The number of aromatic amines is 1. The molecule has 1 fully saturated rings. The zero-order valence-corrected chi connectivity index (χ0v) is 13.1. The maximum Gasteiger partial charge on any atom is 0.258 e. The van der Waals surface area contributed by atoms with Crippen molar-refractivity contribution in [3.8, 4) is 11.5 Å². The van der Waals surface area contributed by atoms with E-state index in [-0.39, 0.29) is 18.0 Å². The Morgan fingerprint density at radius 3 is 2.88 bits per heavy atom. The second-order valence-corrected chi connectivity index (χ2v) is 5.71. The molecule has 0 unspecified atom stereocenters. The van der Waals surface area contributed by atoms with Crippen molar-refractivity contribution in [1.29, 1.82) is 0 Å². The summed E-state index contributed by atoms with van der Waals surface area (Å²) in [7, 11) is 0. The van der Waals surface area contributed by atoms with Crippen LogP contribution in [0.15, 0.2) is 18.2 Å². The second-order valence-electron chi connectivity index (χ2n) is 5.71. The van der Waals surface area contributed by atoms with Gasteiger partial charge in [0.1, 0.15) is 6.10 Å². The molecule has 0 saturated carbocycles. The van der Waals surface area contributed by atoms with Crippen LogP contribution in [0.4, 0.5) is 5.95 Å². The molecule has 126 valence electrons. The van der Waals surface area contributed by atoms with Crippen molar-refractivity contribution < 1.29 is 19.0 Å². The van der Waals surface area contributed by atoms with Crippen LogP contribution in [-0.4, -0.2) is 40.9 Å². The molecule has 2 N–H and O–H groups in total. The number of carbonyl (C=O) groups excluding carboxylic acids is 1. The molecule has 1 amide bonds. The molecule has 8 heteroatoms. The number of nitrogens with zero attached hydrogens (tertiary/aromatic N) is 2. The lowest BCUT2D eigenvalue weighted by molar-refractivity contribution is 0.102. The maximum absolute atomic E-state index is 12.4. The third-order valence-electron chi connectivity index (χ3n) is 3.97. The van der Waals surface area contributed by atoms with Gasteiger partial charge in [-0.15, -0.1) is 5.10 Å². The van der Waals surface area contributed by atoms with Crippen molar-refractivity contribution in [3.63, 3.8) is 0 Å². The van der Waals surface area contributed by atoms with Crippen molar-refractivity contribution in [1.82, 2.24) is 15.2 Å². The van der Waals surface area contributed by atoms with Gasteiger partial charge in [0, 0.05) is 18.6 Å². The molecule has 24 heavy (non-hydrogen) atoms. The van der Waals surface area contributed by atoms with E-state index in [9.17, 15) is 4.79 Å². The van der Waals surface area contributed by atoms with E-state index in [4.69, 9.17) is 14.2 Å². The average molecular weight is 330 g/mol.